The van der Waals surface area contributed by atoms with E-state index in [2.05, 4.69) is 5.32 Å². The standard InChI is InChI=1S/C26H31ClN4O3/c1-19-10-12-21(13-11-19)31-23(16-22(29-31)20-8-6-5-7-9-20)28-24(32)17-30(14-15-34-4)25(33)26(2,3)18-27/h5-13,16H,14-15,17-18H2,1-4H3,(H,28,32). The van der Waals surface area contributed by atoms with Gasteiger partial charge in [-0.3, -0.25) is 9.59 Å². The van der Waals surface area contributed by atoms with E-state index < -0.39 is 5.41 Å². The topological polar surface area (TPSA) is 76.5 Å². The molecule has 180 valence electrons. The molecule has 0 aliphatic carbocycles. The highest BCUT2D eigenvalue weighted by Gasteiger charge is 2.32. The maximum atomic E-state index is 13.1. The summed E-state index contributed by atoms with van der Waals surface area (Å²) in [5.74, 6) is 0.134. The highest BCUT2D eigenvalue weighted by Crippen LogP contribution is 2.25. The largest absolute Gasteiger partial charge is 0.383 e. The van der Waals surface area contributed by atoms with Gasteiger partial charge in [-0.25, -0.2) is 4.68 Å². The fraction of sp³-hybridized carbons (Fsp3) is 0.346. The van der Waals surface area contributed by atoms with Gasteiger partial charge in [0.25, 0.3) is 0 Å². The third-order valence-electron chi connectivity index (χ3n) is 5.42. The van der Waals surface area contributed by atoms with Crippen molar-refractivity contribution in [1.82, 2.24) is 14.7 Å². The van der Waals surface area contributed by atoms with Crippen LogP contribution < -0.4 is 5.32 Å². The normalized spacial score (nSPS) is 11.3. The van der Waals surface area contributed by atoms with Gasteiger partial charge in [0.2, 0.25) is 11.8 Å². The van der Waals surface area contributed by atoms with Crippen molar-refractivity contribution in [3.63, 3.8) is 0 Å². The second-order valence-electron chi connectivity index (χ2n) is 8.81. The zero-order valence-corrected chi connectivity index (χ0v) is 20.8. The number of ether oxygens (including phenoxy) is 1. The Bertz CT molecular complexity index is 1110. The first-order valence-electron chi connectivity index (χ1n) is 11.1. The first kappa shape index (κ1) is 25.5. The summed E-state index contributed by atoms with van der Waals surface area (Å²) in [5, 5.41) is 7.67. The molecule has 2 aromatic carbocycles. The van der Waals surface area contributed by atoms with Gasteiger partial charge < -0.3 is 15.0 Å². The molecule has 1 heterocycles. The van der Waals surface area contributed by atoms with Crippen LogP contribution in [0.5, 0.6) is 0 Å². The lowest BCUT2D eigenvalue weighted by atomic mass is 9.94. The summed E-state index contributed by atoms with van der Waals surface area (Å²) < 4.78 is 6.83. The number of methoxy groups -OCH3 is 1. The zero-order chi connectivity index (χ0) is 24.7. The predicted octanol–water partition coefficient (Wildman–Crippen LogP) is 4.53. The summed E-state index contributed by atoms with van der Waals surface area (Å²) in [6.07, 6.45) is 0. The Labute approximate surface area is 205 Å². The van der Waals surface area contributed by atoms with E-state index >= 15 is 0 Å². The molecule has 0 unspecified atom stereocenters. The average Bonchev–Trinajstić information content (AvgIpc) is 3.25. The van der Waals surface area contributed by atoms with Gasteiger partial charge in [-0.05, 0) is 32.9 Å². The summed E-state index contributed by atoms with van der Waals surface area (Å²) in [6, 6.07) is 19.5. The van der Waals surface area contributed by atoms with Crippen molar-refractivity contribution in [1.29, 1.82) is 0 Å². The first-order chi connectivity index (χ1) is 16.2. The molecule has 0 saturated heterocycles. The molecule has 0 saturated carbocycles. The quantitative estimate of drug-likeness (QED) is 0.431. The molecule has 0 atom stereocenters. The second-order valence-corrected chi connectivity index (χ2v) is 9.08. The highest BCUT2D eigenvalue weighted by molar-refractivity contribution is 6.19. The van der Waals surface area contributed by atoms with Crippen molar-refractivity contribution in [2.75, 3.05) is 38.0 Å². The van der Waals surface area contributed by atoms with E-state index in [1.807, 2.05) is 67.6 Å². The number of anilines is 1. The number of benzene rings is 2. The molecular formula is C26H31ClN4O3. The maximum Gasteiger partial charge on any atom is 0.245 e. The Hall–Kier alpha value is -3.16. The highest BCUT2D eigenvalue weighted by atomic mass is 35.5. The molecule has 7 nitrogen and oxygen atoms in total. The van der Waals surface area contributed by atoms with Crippen molar-refractivity contribution in [3.8, 4) is 16.9 Å². The molecular weight excluding hydrogens is 452 g/mol. The van der Waals surface area contributed by atoms with Gasteiger partial charge >= 0.3 is 0 Å². The first-order valence-corrected chi connectivity index (χ1v) is 11.7. The Morgan fingerprint density at radius 1 is 1.12 bits per heavy atom. The minimum absolute atomic E-state index is 0.123. The third-order valence-corrected chi connectivity index (χ3v) is 6.09. The Morgan fingerprint density at radius 3 is 2.41 bits per heavy atom. The SMILES string of the molecule is COCCN(CC(=O)Nc1cc(-c2ccccc2)nn1-c1ccc(C)cc1)C(=O)C(C)(C)CCl. The average molecular weight is 483 g/mol. The van der Waals surface area contributed by atoms with E-state index in [9.17, 15) is 9.59 Å². The number of hydrogen-bond donors (Lipinski definition) is 1. The Morgan fingerprint density at radius 2 is 1.79 bits per heavy atom. The van der Waals surface area contributed by atoms with Crippen molar-refractivity contribution in [3.05, 3.63) is 66.2 Å². The number of carbonyl (C=O) groups excluding carboxylic acids is 2. The second kappa shape index (κ2) is 11.3. The van der Waals surface area contributed by atoms with Crippen LogP contribution in [0.25, 0.3) is 16.9 Å². The predicted molar refractivity (Wildman–Crippen MR) is 135 cm³/mol. The monoisotopic (exact) mass is 482 g/mol. The molecule has 0 fully saturated rings. The summed E-state index contributed by atoms with van der Waals surface area (Å²) in [5.41, 5.74) is 2.81. The van der Waals surface area contributed by atoms with Crippen LogP contribution in [0.4, 0.5) is 5.82 Å². The molecule has 0 aliphatic heterocycles. The van der Waals surface area contributed by atoms with Gasteiger partial charge in [-0.15, -0.1) is 11.6 Å². The minimum Gasteiger partial charge on any atom is -0.383 e. The lowest BCUT2D eigenvalue weighted by molar-refractivity contribution is -0.142. The van der Waals surface area contributed by atoms with Crippen molar-refractivity contribution in [2.45, 2.75) is 20.8 Å². The van der Waals surface area contributed by atoms with E-state index in [1.165, 1.54) is 4.90 Å². The van der Waals surface area contributed by atoms with Crippen LogP contribution in [0.15, 0.2) is 60.7 Å². The number of amides is 2. The number of nitrogens with one attached hydrogen (secondary N) is 1. The van der Waals surface area contributed by atoms with E-state index in [4.69, 9.17) is 21.4 Å². The molecule has 3 rings (SSSR count). The molecule has 0 bridgehead atoms. The number of carbonyl (C=O) groups is 2. The van der Waals surface area contributed by atoms with Crippen molar-refractivity contribution < 1.29 is 14.3 Å². The molecule has 2 amide bonds. The van der Waals surface area contributed by atoms with Crippen LogP contribution >= 0.6 is 11.6 Å². The van der Waals surface area contributed by atoms with Gasteiger partial charge in [0.15, 0.2) is 0 Å². The number of aryl methyl sites for hydroxylation is 1. The Kier molecular flexibility index (Phi) is 8.47. The maximum absolute atomic E-state index is 13.1. The van der Waals surface area contributed by atoms with Gasteiger partial charge in [-0.1, -0.05) is 48.0 Å². The molecule has 0 spiro atoms. The number of halogens is 1. The summed E-state index contributed by atoms with van der Waals surface area (Å²) in [6.45, 7) is 6.02. The molecule has 0 radical (unpaired) electrons. The minimum atomic E-state index is -0.792. The number of nitrogens with zero attached hydrogens (tertiary/aromatic N) is 3. The number of aromatic nitrogens is 2. The fourth-order valence-electron chi connectivity index (χ4n) is 3.40. The van der Waals surface area contributed by atoms with Crippen LogP contribution in [-0.2, 0) is 14.3 Å². The van der Waals surface area contributed by atoms with Crippen LogP contribution in [-0.4, -0.2) is 59.2 Å². The van der Waals surface area contributed by atoms with Gasteiger partial charge in [0.05, 0.1) is 23.4 Å². The van der Waals surface area contributed by atoms with Crippen LogP contribution in [0.2, 0.25) is 0 Å². The van der Waals surface area contributed by atoms with Crippen molar-refractivity contribution in [2.24, 2.45) is 5.41 Å². The lowest BCUT2D eigenvalue weighted by Gasteiger charge is -2.30. The van der Waals surface area contributed by atoms with E-state index in [0.717, 1.165) is 22.5 Å². The smallest absolute Gasteiger partial charge is 0.245 e. The van der Waals surface area contributed by atoms with E-state index in [0.29, 0.717) is 12.4 Å². The van der Waals surface area contributed by atoms with Crippen LogP contribution in [0.1, 0.15) is 19.4 Å². The van der Waals surface area contributed by atoms with E-state index in [1.54, 1.807) is 25.6 Å². The molecule has 34 heavy (non-hydrogen) atoms. The molecule has 3 aromatic rings. The van der Waals surface area contributed by atoms with Gasteiger partial charge in [0, 0.05) is 31.2 Å². The third kappa shape index (κ3) is 6.24. The van der Waals surface area contributed by atoms with Gasteiger partial charge in [0.1, 0.15) is 12.4 Å². The Balaban J connectivity index is 1.88. The van der Waals surface area contributed by atoms with Crippen LogP contribution in [0.3, 0.4) is 0 Å². The summed E-state index contributed by atoms with van der Waals surface area (Å²) in [4.78, 5) is 27.5. The fourth-order valence-corrected chi connectivity index (χ4v) is 3.51. The zero-order valence-electron chi connectivity index (χ0n) is 20.0. The lowest BCUT2D eigenvalue weighted by Crippen LogP contribution is -2.46. The number of rotatable bonds is 10. The summed E-state index contributed by atoms with van der Waals surface area (Å²) >= 11 is 6.00. The molecule has 1 N–H and O–H groups in total. The molecule has 0 aliphatic rings. The summed E-state index contributed by atoms with van der Waals surface area (Å²) in [7, 11) is 1.56. The van der Waals surface area contributed by atoms with E-state index in [-0.39, 0.29) is 30.8 Å². The number of hydrogen-bond acceptors (Lipinski definition) is 4. The molecule has 8 heteroatoms. The van der Waals surface area contributed by atoms with Gasteiger partial charge in [-0.2, -0.15) is 5.10 Å². The number of alkyl halides is 1. The van der Waals surface area contributed by atoms with Crippen molar-refractivity contribution >= 4 is 29.2 Å². The molecule has 1 aromatic heterocycles. The van der Waals surface area contributed by atoms with Crippen LogP contribution in [0, 0.1) is 12.3 Å².